The minimum atomic E-state index is -4.41. The molecule has 0 atom stereocenters. The van der Waals surface area contributed by atoms with Crippen molar-refractivity contribution in [1.82, 2.24) is 9.88 Å². The number of fused-ring (bicyclic) bond motifs is 1. The number of rotatable bonds is 5. The minimum absolute atomic E-state index is 0.00102. The van der Waals surface area contributed by atoms with E-state index in [0.717, 1.165) is 53.0 Å². The smallest absolute Gasteiger partial charge is 0.370 e. The van der Waals surface area contributed by atoms with Crippen molar-refractivity contribution >= 4 is 46.0 Å². The number of alkyl halides is 3. The summed E-state index contributed by atoms with van der Waals surface area (Å²) in [6.07, 6.45) is 6.41. The number of benzene rings is 2. The Morgan fingerprint density at radius 2 is 1.68 bits per heavy atom. The molecular formula is C27H25F3N4O2S. The third-order valence-electron chi connectivity index (χ3n) is 7.46. The van der Waals surface area contributed by atoms with Crippen molar-refractivity contribution < 1.29 is 22.8 Å². The van der Waals surface area contributed by atoms with Crippen LogP contribution in [-0.2, 0) is 11.3 Å². The summed E-state index contributed by atoms with van der Waals surface area (Å²) in [5.41, 5.74) is -2.13. The quantitative estimate of drug-likeness (QED) is 0.287. The number of pyridine rings is 1. The van der Waals surface area contributed by atoms with E-state index >= 15 is 0 Å². The number of urea groups is 1. The molecule has 2 aliphatic heterocycles. The third kappa shape index (κ3) is 4.31. The number of aromatic nitrogens is 1. The molecule has 10 heteroatoms. The van der Waals surface area contributed by atoms with Gasteiger partial charge >= 0.3 is 11.5 Å². The molecule has 2 saturated heterocycles. The Hall–Kier alpha value is -3.27. The first-order chi connectivity index (χ1) is 17.8. The number of halogens is 3. The van der Waals surface area contributed by atoms with Gasteiger partial charge in [0.1, 0.15) is 5.54 Å². The van der Waals surface area contributed by atoms with E-state index in [1.54, 1.807) is 11.1 Å². The number of piperidine rings is 1. The molecule has 1 aliphatic carbocycles. The van der Waals surface area contributed by atoms with E-state index < -0.39 is 17.1 Å². The molecule has 1 aromatic heterocycles. The first-order valence-electron chi connectivity index (χ1n) is 12.4. The Morgan fingerprint density at radius 1 is 0.946 bits per heavy atom. The summed E-state index contributed by atoms with van der Waals surface area (Å²) >= 11 is -0.228. The number of imide groups is 1. The zero-order valence-corrected chi connectivity index (χ0v) is 20.8. The topological polar surface area (TPSA) is 56.8 Å². The lowest BCUT2D eigenvalue weighted by Crippen LogP contribution is -2.36. The maximum Gasteiger partial charge on any atom is 0.446 e. The molecular weight excluding hydrogens is 501 g/mol. The van der Waals surface area contributed by atoms with Gasteiger partial charge in [-0.05, 0) is 85.8 Å². The molecule has 0 unspecified atom stereocenters. The van der Waals surface area contributed by atoms with E-state index in [4.69, 9.17) is 0 Å². The van der Waals surface area contributed by atoms with Crippen LogP contribution in [0.25, 0.3) is 10.9 Å². The molecule has 2 aromatic carbocycles. The van der Waals surface area contributed by atoms with E-state index in [1.807, 2.05) is 18.2 Å². The van der Waals surface area contributed by atoms with Crippen molar-refractivity contribution in [2.75, 3.05) is 22.9 Å². The van der Waals surface area contributed by atoms with Crippen LogP contribution in [0.5, 0.6) is 0 Å². The fourth-order valence-electron chi connectivity index (χ4n) is 5.48. The summed E-state index contributed by atoms with van der Waals surface area (Å²) in [5, 5.41) is 0.952. The van der Waals surface area contributed by atoms with Crippen LogP contribution in [0.3, 0.4) is 0 Å². The second-order valence-corrected chi connectivity index (χ2v) is 10.9. The van der Waals surface area contributed by atoms with E-state index in [1.165, 1.54) is 30.7 Å². The number of nitrogens with zero attached hydrogens (tertiary/aromatic N) is 4. The van der Waals surface area contributed by atoms with E-state index in [0.29, 0.717) is 12.8 Å². The maximum atomic E-state index is 13.6. The Labute approximate surface area is 216 Å². The van der Waals surface area contributed by atoms with Gasteiger partial charge in [0.25, 0.3) is 5.91 Å². The van der Waals surface area contributed by atoms with Crippen molar-refractivity contribution in [3.8, 4) is 0 Å². The van der Waals surface area contributed by atoms with Crippen molar-refractivity contribution in [2.45, 2.75) is 54.6 Å². The summed E-state index contributed by atoms with van der Waals surface area (Å²) in [6, 6.07) is 12.9. The molecule has 3 aromatic rings. The summed E-state index contributed by atoms with van der Waals surface area (Å²) in [7, 11) is 0. The summed E-state index contributed by atoms with van der Waals surface area (Å²) < 4.78 is 38.1. The third-order valence-corrected chi connectivity index (χ3v) is 8.20. The summed E-state index contributed by atoms with van der Waals surface area (Å²) in [5.74, 6) is -0.318. The molecule has 6 nitrogen and oxygen atoms in total. The van der Waals surface area contributed by atoms with Crippen molar-refractivity contribution in [1.29, 1.82) is 0 Å². The van der Waals surface area contributed by atoms with Gasteiger partial charge in [-0.1, -0.05) is 12.1 Å². The van der Waals surface area contributed by atoms with Crippen LogP contribution in [0, 0.1) is 0 Å². The minimum Gasteiger partial charge on any atom is -0.370 e. The van der Waals surface area contributed by atoms with Crippen LogP contribution in [0.15, 0.2) is 59.6 Å². The first-order valence-corrected chi connectivity index (χ1v) is 13.2. The van der Waals surface area contributed by atoms with Gasteiger partial charge in [-0.15, -0.1) is 0 Å². The van der Waals surface area contributed by atoms with Crippen molar-refractivity contribution in [3.05, 3.63) is 60.3 Å². The highest BCUT2D eigenvalue weighted by atomic mass is 32.2. The zero-order valence-electron chi connectivity index (χ0n) is 20.0. The standard InChI is InChI=1S/C27H25F3N4O2S/c28-27(29,30)37-20-9-7-19(8-10-20)34-24(35)26(12-13-26)33(25(34)36)17-18-11-14-31-23-21(18)5-4-6-22(23)32-15-2-1-3-16-32/h4-11,14H,1-3,12-13,15-17H2. The number of carbonyl (C=O) groups is 2. The Morgan fingerprint density at radius 3 is 2.35 bits per heavy atom. The summed E-state index contributed by atoms with van der Waals surface area (Å²) in [6.45, 7) is 2.23. The van der Waals surface area contributed by atoms with Gasteiger partial charge in [-0.3, -0.25) is 9.78 Å². The van der Waals surface area contributed by atoms with E-state index in [2.05, 4.69) is 16.0 Å². The number of para-hydroxylation sites is 1. The lowest BCUT2D eigenvalue weighted by molar-refractivity contribution is -0.120. The van der Waals surface area contributed by atoms with Gasteiger partial charge in [-0.25, -0.2) is 9.69 Å². The Bertz CT molecular complexity index is 1370. The predicted molar refractivity (Wildman–Crippen MR) is 137 cm³/mol. The Balaban J connectivity index is 1.30. The molecule has 0 bridgehead atoms. The molecule has 3 amide bonds. The first kappa shape index (κ1) is 24.1. The van der Waals surface area contributed by atoms with Crippen LogP contribution in [0.1, 0.15) is 37.7 Å². The van der Waals surface area contributed by atoms with Crippen LogP contribution in [0.2, 0.25) is 0 Å². The maximum absolute atomic E-state index is 13.6. The predicted octanol–water partition coefficient (Wildman–Crippen LogP) is 6.34. The summed E-state index contributed by atoms with van der Waals surface area (Å²) in [4.78, 5) is 36.7. The van der Waals surface area contributed by atoms with Gasteiger partial charge in [0, 0.05) is 36.1 Å². The fraction of sp³-hybridized carbons (Fsp3) is 0.370. The van der Waals surface area contributed by atoms with Crippen LogP contribution < -0.4 is 9.80 Å². The highest BCUT2D eigenvalue weighted by Crippen LogP contribution is 2.50. The number of carbonyl (C=O) groups excluding carboxylic acids is 2. The molecule has 0 N–H and O–H groups in total. The van der Waals surface area contributed by atoms with Gasteiger partial charge in [0.05, 0.1) is 16.9 Å². The fourth-order valence-corrected chi connectivity index (χ4v) is 6.02. The lowest BCUT2D eigenvalue weighted by atomic mass is 10.0. The molecule has 1 spiro atoms. The van der Waals surface area contributed by atoms with Gasteiger partial charge in [-0.2, -0.15) is 13.2 Å². The van der Waals surface area contributed by atoms with Crippen LogP contribution in [0.4, 0.5) is 29.3 Å². The number of hydrogen-bond donors (Lipinski definition) is 0. The SMILES string of the molecule is O=C1N(c2ccc(SC(F)(F)F)cc2)C(=O)C2(CC2)N1Cc1ccnc2c(N3CCCCC3)cccc12. The molecule has 3 fully saturated rings. The number of thioether (sulfide) groups is 1. The van der Waals surface area contributed by atoms with E-state index in [9.17, 15) is 22.8 Å². The average molecular weight is 527 g/mol. The van der Waals surface area contributed by atoms with Crippen LogP contribution >= 0.6 is 11.8 Å². The molecule has 6 rings (SSSR count). The van der Waals surface area contributed by atoms with Gasteiger partial charge < -0.3 is 9.80 Å². The zero-order chi connectivity index (χ0) is 25.8. The second-order valence-electron chi connectivity index (χ2n) is 9.77. The largest absolute Gasteiger partial charge is 0.446 e. The monoisotopic (exact) mass is 526 g/mol. The van der Waals surface area contributed by atoms with Crippen LogP contribution in [-0.4, -0.2) is 46.0 Å². The molecule has 3 heterocycles. The van der Waals surface area contributed by atoms with Crippen molar-refractivity contribution in [3.63, 3.8) is 0 Å². The highest BCUT2D eigenvalue weighted by molar-refractivity contribution is 8.00. The molecule has 0 radical (unpaired) electrons. The average Bonchev–Trinajstić information content (AvgIpc) is 3.66. The van der Waals surface area contributed by atoms with Gasteiger partial charge in [0.15, 0.2) is 0 Å². The number of anilines is 2. The molecule has 37 heavy (non-hydrogen) atoms. The normalized spacial score (nSPS) is 19.4. The molecule has 192 valence electrons. The lowest BCUT2D eigenvalue weighted by Gasteiger charge is -2.30. The Kier molecular flexibility index (Phi) is 5.82. The van der Waals surface area contributed by atoms with Gasteiger partial charge in [0.2, 0.25) is 0 Å². The van der Waals surface area contributed by atoms with Crippen molar-refractivity contribution in [2.24, 2.45) is 0 Å². The molecule has 1 saturated carbocycles. The molecule has 3 aliphatic rings. The number of hydrogen-bond acceptors (Lipinski definition) is 5. The number of amides is 3. The second kappa shape index (κ2) is 8.93. The van der Waals surface area contributed by atoms with E-state index in [-0.39, 0.29) is 34.8 Å². The highest BCUT2D eigenvalue weighted by Gasteiger charge is 2.65.